The first kappa shape index (κ1) is 18.2. The van der Waals surface area contributed by atoms with Gasteiger partial charge in [0.05, 0.1) is 5.56 Å². The zero-order valence-corrected chi connectivity index (χ0v) is 14.5. The van der Waals surface area contributed by atoms with Crippen LogP contribution in [0.25, 0.3) is 22.4 Å². The fourth-order valence-electron chi connectivity index (χ4n) is 2.68. The standard InChI is InChI=1S/C17H13F3N2O3S/c1-8-5-10(3-4-12(8)18)16-15(9(2)25-22-16)11-6-13(19)17(14(20)7-11)26(21,23)24/h3-7H,1-2H3,(H2,21,23,24). The summed E-state index contributed by atoms with van der Waals surface area (Å²) < 4.78 is 69.6. The van der Waals surface area contributed by atoms with Crippen molar-refractivity contribution in [2.24, 2.45) is 5.14 Å². The predicted octanol–water partition coefficient (Wildman–Crippen LogP) is 3.69. The topological polar surface area (TPSA) is 86.2 Å². The van der Waals surface area contributed by atoms with Crippen LogP contribution in [0.1, 0.15) is 11.3 Å². The molecule has 3 aromatic rings. The maximum Gasteiger partial charge on any atom is 0.243 e. The molecule has 2 aromatic carbocycles. The molecule has 2 N–H and O–H groups in total. The highest BCUT2D eigenvalue weighted by Crippen LogP contribution is 2.36. The molecule has 0 radical (unpaired) electrons. The minimum absolute atomic E-state index is 0.0168. The van der Waals surface area contributed by atoms with Gasteiger partial charge < -0.3 is 4.52 Å². The van der Waals surface area contributed by atoms with Gasteiger partial charge in [0, 0.05) is 5.56 Å². The summed E-state index contributed by atoms with van der Waals surface area (Å²) in [7, 11) is -4.56. The van der Waals surface area contributed by atoms with Crippen LogP contribution in [0.3, 0.4) is 0 Å². The third-order valence-electron chi connectivity index (χ3n) is 3.87. The summed E-state index contributed by atoms with van der Waals surface area (Å²) in [6, 6.07) is 5.88. The molecule has 3 rings (SSSR count). The average Bonchev–Trinajstić information content (AvgIpc) is 2.89. The number of hydrogen-bond donors (Lipinski definition) is 1. The molecule has 0 aliphatic rings. The zero-order chi connectivity index (χ0) is 19.2. The first-order chi connectivity index (χ1) is 12.1. The number of hydrogen-bond acceptors (Lipinski definition) is 4. The number of nitrogens with two attached hydrogens (primary N) is 1. The van der Waals surface area contributed by atoms with Crippen LogP contribution in [0.4, 0.5) is 13.2 Å². The van der Waals surface area contributed by atoms with Crippen LogP contribution in [0.2, 0.25) is 0 Å². The predicted molar refractivity (Wildman–Crippen MR) is 88.1 cm³/mol. The van der Waals surface area contributed by atoms with Crippen molar-refractivity contribution in [2.45, 2.75) is 18.7 Å². The van der Waals surface area contributed by atoms with Gasteiger partial charge in [-0.3, -0.25) is 0 Å². The Morgan fingerprint density at radius 1 is 0.962 bits per heavy atom. The van der Waals surface area contributed by atoms with E-state index in [-0.39, 0.29) is 22.6 Å². The Hall–Kier alpha value is -2.65. The van der Waals surface area contributed by atoms with E-state index in [4.69, 9.17) is 9.66 Å². The van der Waals surface area contributed by atoms with Gasteiger partial charge in [-0.15, -0.1) is 0 Å². The molecular formula is C17H13F3N2O3S. The van der Waals surface area contributed by atoms with E-state index < -0.39 is 32.4 Å². The molecule has 0 unspecified atom stereocenters. The van der Waals surface area contributed by atoms with Crippen molar-refractivity contribution in [1.82, 2.24) is 5.16 Å². The molecule has 5 nitrogen and oxygen atoms in total. The lowest BCUT2D eigenvalue weighted by atomic mass is 9.98. The second kappa shape index (κ2) is 6.26. The molecule has 1 aromatic heterocycles. The molecule has 0 aliphatic heterocycles. The van der Waals surface area contributed by atoms with E-state index in [2.05, 4.69) is 5.16 Å². The van der Waals surface area contributed by atoms with Gasteiger partial charge in [0.25, 0.3) is 0 Å². The second-order valence-corrected chi connectivity index (χ2v) is 7.24. The van der Waals surface area contributed by atoms with Crippen LogP contribution in [0.5, 0.6) is 0 Å². The Morgan fingerprint density at radius 3 is 2.12 bits per heavy atom. The summed E-state index contributed by atoms with van der Waals surface area (Å²) >= 11 is 0. The van der Waals surface area contributed by atoms with Crippen molar-refractivity contribution in [1.29, 1.82) is 0 Å². The van der Waals surface area contributed by atoms with Crippen LogP contribution in [-0.2, 0) is 10.0 Å². The average molecular weight is 382 g/mol. The molecule has 0 fully saturated rings. The van der Waals surface area contributed by atoms with E-state index >= 15 is 0 Å². The second-order valence-electron chi connectivity index (χ2n) is 5.74. The maximum absolute atomic E-state index is 14.2. The van der Waals surface area contributed by atoms with Crippen LogP contribution in [0.15, 0.2) is 39.8 Å². The van der Waals surface area contributed by atoms with Crippen molar-refractivity contribution in [3.05, 3.63) is 59.1 Å². The fraction of sp³-hybridized carbons (Fsp3) is 0.118. The molecule has 1 heterocycles. The quantitative estimate of drug-likeness (QED) is 0.749. The highest BCUT2D eigenvalue weighted by atomic mass is 32.2. The molecule has 9 heteroatoms. The van der Waals surface area contributed by atoms with E-state index in [1.807, 2.05) is 0 Å². The number of sulfonamides is 1. The normalized spacial score (nSPS) is 11.8. The number of halogens is 3. The summed E-state index contributed by atoms with van der Waals surface area (Å²) in [4.78, 5) is -1.21. The lowest BCUT2D eigenvalue weighted by molar-refractivity contribution is 0.400. The Morgan fingerprint density at radius 2 is 1.58 bits per heavy atom. The maximum atomic E-state index is 14.2. The third-order valence-corrected chi connectivity index (χ3v) is 4.82. The number of primary sulfonamides is 1. The number of aromatic nitrogens is 1. The summed E-state index contributed by atoms with van der Waals surface area (Å²) in [5.74, 6) is -2.82. The largest absolute Gasteiger partial charge is 0.360 e. The first-order valence-electron chi connectivity index (χ1n) is 7.34. The van der Waals surface area contributed by atoms with E-state index in [1.54, 1.807) is 6.92 Å². The summed E-state index contributed by atoms with van der Waals surface area (Å²) in [5.41, 5.74) is 1.36. The Bertz CT molecular complexity index is 1100. The SMILES string of the molecule is Cc1cc(-c2noc(C)c2-c2cc(F)c(S(N)(=O)=O)c(F)c2)ccc1F. The van der Waals surface area contributed by atoms with Gasteiger partial charge in [0.15, 0.2) is 4.90 Å². The number of aryl methyl sites for hydroxylation is 2. The van der Waals surface area contributed by atoms with Crippen LogP contribution < -0.4 is 5.14 Å². The number of rotatable bonds is 3. The fourth-order valence-corrected chi connectivity index (χ4v) is 3.34. The lowest BCUT2D eigenvalue weighted by Crippen LogP contribution is -2.16. The van der Waals surface area contributed by atoms with Crippen molar-refractivity contribution >= 4 is 10.0 Å². The minimum Gasteiger partial charge on any atom is -0.360 e. The molecule has 0 saturated carbocycles. The Labute approximate surface area is 147 Å². The summed E-state index contributed by atoms with van der Waals surface area (Å²) in [6.07, 6.45) is 0. The molecular weight excluding hydrogens is 369 g/mol. The van der Waals surface area contributed by atoms with E-state index in [0.29, 0.717) is 11.1 Å². The van der Waals surface area contributed by atoms with E-state index in [9.17, 15) is 21.6 Å². The highest BCUT2D eigenvalue weighted by Gasteiger charge is 2.25. The monoisotopic (exact) mass is 382 g/mol. The van der Waals surface area contributed by atoms with Gasteiger partial charge in [0.1, 0.15) is 28.9 Å². The molecule has 26 heavy (non-hydrogen) atoms. The smallest absolute Gasteiger partial charge is 0.243 e. The van der Waals surface area contributed by atoms with Crippen LogP contribution >= 0.6 is 0 Å². The van der Waals surface area contributed by atoms with Gasteiger partial charge in [-0.25, -0.2) is 26.7 Å². The molecule has 0 amide bonds. The minimum atomic E-state index is -4.56. The molecule has 136 valence electrons. The van der Waals surface area contributed by atoms with Crippen molar-refractivity contribution in [2.75, 3.05) is 0 Å². The van der Waals surface area contributed by atoms with Gasteiger partial charge in [-0.05, 0) is 55.3 Å². The number of nitrogens with zero attached hydrogens (tertiary/aromatic N) is 1. The van der Waals surface area contributed by atoms with Crippen LogP contribution in [-0.4, -0.2) is 13.6 Å². The highest BCUT2D eigenvalue weighted by molar-refractivity contribution is 7.89. The van der Waals surface area contributed by atoms with Gasteiger partial charge in [-0.1, -0.05) is 5.16 Å². The summed E-state index contributed by atoms with van der Waals surface area (Å²) in [6.45, 7) is 3.09. The van der Waals surface area contributed by atoms with Crippen molar-refractivity contribution < 1.29 is 26.1 Å². The van der Waals surface area contributed by atoms with Crippen molar-refractivity contribution in [3.8, 4) is 22.4 Å². The van der Waals surface area contributed by atoms with Gasteiger partial charge in [-0.2, -0.15) is 0 Å². The molecule has 0 atom stereocenters. The first-order valence-corrected chi connectivity index (χ1v) is 8.89. The molecule has 0 saturated heterocycles. The lowest BCUT2D eigenvalue weighted by Gasteiger charge is -2.08. The zero-order valence-electron chi connectivity index (χ0n) is 13.7. The molecule has 0 spiro atoms. The van der Waals surface area contributed by atoms with E-state index in [1.165, 1.54) is 25.1 Å². The molecule has 0 aliphatic carbocycles. The van der Waals surface area contributed by atoms with Gasteiger partial charge >= 0.3 is 0 Å². The Kier molecular flexibility index (Phi) is 4.37. The number of benzene rings is 2. The van der Waals surface area contributed by atoms with Crippen LogP contribution in [0, 0.1) is 31.3 Å². The van der Waals surface area contributed by atoms with Gasteiger partial charge in [0.2, 0.25) is 10.0 Å². The Balaban J connectivity index is 2.23. The third kappa shape index (κ3) is 3.11. The van der Waals surface area contributed by atoms with E-state index in [0.717, 1.165) is 12.1 Å². The summed E-state index contributed by atoms with van der Waals surface area (Å²) in [5, 5.41) is 8.71. The van der Waals surface area contributed by atoms with Crippen molar-refractivity contribution in [3.63, 3.8) is 0 Å². The molecule has 0 bridgehead atoms.